The fraction of sp³-hybridized carbons (Fsp3) is 0.846. The highest BCUT2D eigenvalue weighted by molar-refractivity contribution is 5.99. The number of carboxylic acids is 1. The van der Waals surface area contributed by atoms with Crippen molar-refractivity contribution in [2.45, 2.75) is 91.9 Å². The number of carbonyl (C=O) groups excluding carboxylic acids is 1. The third-order valence-electron chi connectivity index (χ3n) is 10.3. The third-order valence-corrected chi connectivity index (χ3v) is 10.3. The molecular formula is C26H40O4. The second-order valence-corrected chi connectivity index (χ2v) is 11.5. The topological polar surface area (TPSA) is 74.6 Å². The van der Waals surface area contributed by atoms with Crippen molar-refractivity contribution < 1.29 is 19.8 Å². The van der Waals surface area contributed by atoms with Crippen LogP contribution in [0.4, 0.5) is 0 Å². The summed E-state index contributed by atoms with van der Waals surface area (Å²) in [6.45, 7) is 8.74. The van der Waals surface area contributed by atoms with E-state index in [2.05, 4.69) is 20.8 Å². The summed E-state index contributed by atoms with van der Waals surface area (Å²) >= 11 is 0. The number of Topliss-reactive ketones (excluding diaryl/α,β-unsaturated/α-hetero) is 1. The number of aliphatic hydroxyl groups is 1. The number of ketones is 1. The molecule has 4 nitrogen and oxygen atoms in total. The van der Waals surface area contributed by atoms with Crippen LogP contribution in [0.2, 0.25) is 0 Å². The molecule has 0 bridgehead atoms. The van der Waals surface area contributed by atoms with Gasteiger partial charge in [0.2, 0.25) is 0 Å². The number of allylic oxidation sites excluding steroid dienone is 2. The molecule has 0 saturated heterocycles. The molecular weight excluding hydrogens is 376 g/mol. The molecule has 2 N–H and O–H groups in total. The molecule has 0 aromatic heterocycles. The minimum Gasteiger partial charge on any atom is -0.512 e. The number of rotatable bonds is 4. The van der Waals surface area contributed by atoms with Gasteiger partial charge >= 0.3 is 5.97 Å². The van der Waals surface area contributed by atoms with E-state index < -0.39 is 5.97 Å². The summed E-state index contributed by atoms with van der Waals surface area (Å²) in [7, 11) is 0. The molecule has 4 heteroatoms. The predicted octanol–water partition coefficient (Wildman–Crippen LogP) is 6.16. The maximum atomic E-state index is 13.9. The van der Waals surface area contributed by atoms with Crippen molar-refractivity contribution in [3.8, 4) is 0 Å². The molecule has 0 spiro atoms. The third kappa shape index (κ3) is 3.15. The van der Waals surface area contributed by atoms with E-state index in [-0.39, 0.29) is 40.6 Å². The Bertz CT molecular complexity index is 750. The Hall–Kier alpha value is -1.32. The molecule has 0 heterocycles. The first kappa shape index (κ1) is 21.9. The summed E-state index contributed by atoms with van der Waals surface area (Å²) in [6, 6.07) is 0. The molecule has 0 aromatic carbocycles. The zero-order chi connectivity index (χ0) is 21.8. The van der Waals surface area contributed by atoms with Crippen molar-refractivity contribution in [1.82, 2.24) is 0 Å². The van der Waals surface area contributed by atoms with E-state index in [1.807, 2.05) is 0 Å². The van der Waals surface area contributed by atoms with Crippen LogP contribution in [-0.4, -0.2) is 22.0 Å². The van der Waals surface area contributed by atoms with Crippen LogP contribution in [0, 0.1) is 46.3 Å². The maximum absolute atomic E-state index is 13.9. The Morgan fingerprint density at radius 3 is 2.40 bits per heavy atom. The van der Waals surface area contributed by atoms with E-state index in [0.29, 0.717) is 23.7 Å². The molecule has 1 unspecified atom stereocenters. The zero-order valence-electron chi connectivity index (χ0n) is 19.2. The van der Waals surface area contributed by atoms with E-state index in [4.69, 9.17) is 5.11 Å². The Morgan fingerprint density at radius 2 is 1.73 bits per heavy atom. The summed E-state index contributed by atoms with van der Waals surface area (Å²) in [4.78, 5) is 25.0. The lowest BCUT2D eigenvalue weighted by molar-refractivity contribution is -0.147. The molecule has 8 atom stereocenters. The fourth-order valence-electron chi connectivity index (χ4n) is 8.83. The monoisotopic (exact) mass is 416 g/mol. The van der Waals surface area contributed by atoms with Crippen molar-refractivity contribution >= 4 is 11.8 Å². The average molecular weight is 417 g/mol. The van der Waals surface area contributed by atoms with E-state index in [1.165, 1.54) is 12.8 Å². The standard InChI is InChI=1S/C26H40O4/c1-15(8-11-21(28)29)17-9-10-19-23-20(12-14-26(17,19)4)25(3)13-6-5-7-18(25)22(16(2)27)24(23)30/h15,17-20,23,27H,5-14H2,1-4H3,(H,28,29)/t15?,17-,18+,19+,20+,23+,25+,26-/m1/s1. The number of carbonyl (C=O) groups is 2. The van der Waals surface area contributed by atoms with Gasteiger partial charge in [-0.15, -0.1) is 0 Å². The number of hydrogen-bond acceptors (Lipinski definition) is 3. The quantitative estimate of drug-likeness (QED) is 0.425. The second kappa shape index (κ2) is 7.67. The van der Waals surface area contributed by atoms with Crippen LogP contribution in [-0.2, 0) is 9.59 Å². The van der Waals surface area contributed by atoms with Crippen LogP contribution in [0.15, 0.2) is 11.3 Å². The molecule has 30 heavy (non-hydrogen) atoms. The first-order valence-corrected chi connectivity index (χ1v) is 12.3. The van der Waals surface area contributed by atoms with Gasteiger partial charge in [0.05, 0.1) is 5.76 Å². The van der Waals surface area contributed by atoms with E-state index >= 15 is 0 Å². The van der Waals surface area contributed by atoms with Crippen LogP contribution in [0.5, 0.6) is 0 Å². The summed E-state index contributed by atoms with van der Waals surface area (Å²) in [5, 5.41) is 19.7. The van der Waals surface area contributed by atoms with Gasteiger partial charge in [-0.2, -0.15) is 0 Å². The van der Waals surface area contributed by atoms with E-state index in [9.17, 15) is 14.7 Å². The van der Waals surface area contributed by atoms with Crippen molar-refractivity contribution in [3.63, 3.8) is 0 Å². The normalized spacial score (nSPS) is 45.9. The molecule has 0 aromatic rings. The molecule has 4 fully saturated rings. The number of aliphatic hydroxyl groups excluding tert-OH is 1. The lowest BCUT2D eigenvalue weighted by Crippen LogP contribution is -2.57. The molecule has 4 aliphatic carbocycles. The summed E-state index contributed by atoms with van der Waals surface area (Å²) in [5.74, 6) is 1.73. The van der Waals surface area contributed by atoms with Gasteiger partial charge in [0.25, 0.3) is 0 Å². The van der Waals surface area contributed by atoms with Gasteiger partial charge in [0.1, 0.15) is 0 Å². The molecule has 0 amide bonds. The Balaban J connectivity index is 1.67. The predicted molar refractivity (Wildman–Crippen MR) is 117 cm³/mol. The molecule has 4 aliphatic rings. The molecule has 4 rings (SSSR count). The SMILES string of the molecule is CC(O)=C1C(=O)[C@@H]2[C@H](CC[C@]3(C)[C@@H](C(C)CCC(=O)O)CC[C@@H]23)[C@@]2(C)CCCC[C@@H]12. The van der Waals surface area contributed by atoms with Crippen molar-refractivity contribution in [1.29, 1.82) is 0 Å². The summed E-state index contributed by atoms with van der Waals surface area (Å²) < 4.78 is 0. The highest BCUT2D eigenvalue weighted by Gasteiger charge is 2.64. The maximum Gasteiger partial charge on any atom is 0.303 e. The van der Waals surface area contributed by atoms with Gasteiger partial charge in [-0.3, -0.25) is 9.59 Å². The average Bonchev–Trinajstić information content (AvgIpc) is 3.03. The lowest BCUT2D eigenvalue weighted by Gasteiger charge is -2.60. The van der Waals surface area contributed by atoms with Gasteiger partial charge in [-0.1, -0.05) is 33.6 Å². The number of hydrogen-bond donors (Lipinski definition) is 2. The minimum absolute atomic E-state index is 0.0388. The highest BCUT2D eigenvalue weighted by atomic mass is 16.4. The van der Waals surface area contributed by atoms with Crippen molar-refractivity contribution in [2.24, 2.45) is 46.3 Å². The molecule has 4 saturated carbocycles. The Kier molecular flexibility index (Phi) is 5.60. The van der Waals surface area contributed by atoms with Gasteiger partial charge in [-0.25, -0.2) is 0 Å². The van der Waals surface area contributed by atoms with Crippen LogP contribution >= 0.6 is 0 Å². The zero-order valence-corrected chi connectivity index (χ0v) is 19.2. The summed E-state index contributed by atoms with van der Waals surface area (Å²) in [5.41, 5.74) is 0.996. The summed E-state index contributed by atoms with van der Waals surface area (Å²) in [6.07, 6.45) is 10.0. The number of aliphatic carboxylic acids is 1. The van der Waals surface area contributed by atoms with Crippen molar-refractivity contribution in [2.75, 3.05) is 0 Å². The Labute approximate surface area is 181 Å². The van der Waals surface area contributed by atoms with E-state index in [1.54, 1.807) is 6.92 Å². The van der Waals surface area contributed by atoms with Crippen LogP contribution in [0.1, 0.15) is 91.9 Å². The number of carboxylic acid groups (broad SMARTS) is 1. The van der Waals surface area contributed by atoms with Gasteiger partial charge < -0.3 is 10.2 Å². The molecule has 0 aliphatic heterocycles. The highest BCUT2D eigenvalue weighted by Crippen LogP contribution is 2.68. The largest absolute Gasteiger partial charge is 0.512 e. The number of fused-ring (bicyclic) bond motifs is 5. The first-order valence-electron chi connectivity index (χ1n) is 12.3. The van der Waals surface area contributed by atoms with E-state index in [0.717, 1.165) is 50.5 Å². The molecule has 0 radical (unpaired) electrons. The van der Waals surface area contributed by atoms with Crippen LogP contribution in [0.3, 0.4) is 0 Å². The van der Waals surface area contributed by atoms with Gasteiger partial charge in [-0.05, 0) is 92.3 Å². The lowest BCUT2D eigenvalue weighted by atomic mass is 9.43. The second-order valence-electron chi connectivity index (χ2n) is 11.5. The Morgan fingerprint density at radius 1 is 1.03 bits per heavy atom. The van der Waals surface area contributed by atoms with Gasteiger partial charge in [0.15, 0.2) is 5.78 Å². The smallest absolute Gasteiger partial charge is 0.303 e. The van der Waals surface area contributed by atoms with Crippen LogP contribution in [0.25, 0.3) is 0 Å². The minimum atomic E-state index is -0.711. The van der Waals surface area contributed by atoms with Gasteiger partial charge in [0, 0.05) is 17.9 Å². The fourth-order valence-corrected chi connectivity index (χ4v) is 8.83. The van der Waals surface area contributed by atoms with Crippen LogP contribution < -0.4 is 0 Å². The van der Waals surface area contributed by atoms with Crippen molar-refractivity contribution in [3.05, 3.63) is 11.3 Å². The first-order chi connectivity index (χ1) is 14.1. The molecule has 168 valence electrons.